The average Bonchev–Trinajstić information content (AvgIpc) is 2.88. The number of rotatable bonds is 4. The Labute approximate surface area is 164 Å². The van der Waals surface area contributed by atoms with E-state index in [1.807, 2.05) is 0 Å². The first-order valence-corrected chi connectivity index (χ1v) is 9.02. The van der Waals surface area contributed by atoms with Crippen molar-refractivity contribution in [1.82, 2.24) is 4.90 Å². The van der Waals surface area contributed by atoms with Crippen LogP contribution in [0.4, 0.5) is 0 Å². The van der Waals surface area contributed by atoms with Gasteiger partial charge < -0.3 is 10.0 Å². The maximum Gasteiger partial charge on any atom is 0.295 e. The van der Waals surface area contributed by atoms with E-state index in [0.717, 1.165) is 4.47 Å². The molecule has 0 saturated carbocycles. The molecule has 0 aliphatic carbocycles. The molecule has 2 aromatic rings. The lowest BCUT2D eigenvalue weighted by atomic mass is 9.95. The molecule has 0 spiro atoms. The minimum Gasteiger partial charge on any atom is -0.507 e. The van der Waals surface area contributed by atoms with Gasteiger partial charge in [0.05, 0.1) is 11.6 Å². The lowest BCUT2D eigenvalue weighted by Gasteiger charge is -2.24. The Balaban J connectivity index is 2.18. The summed E-state index contributed by atoms with van der Waals surface area (Å²) in [6.07, 6.45) is 1.55. The van der Waals surface area contributed by atoms with E-state index < -0.39 is 17.7 Å². The van der Waals surface area contributed by atoms with Gasteiger partial charge in [-0.2, -0.15) is 0 Å². The predicted molar refractivity (Wildman–Crippen MR) is 105 cm³/mol. The van der Waals surface area contributed by atoms with Gasteiger partial charge in [0.2, 0.25) is 0 Å². The average molecular weight is 433 g/mol. The first-order chi connectivity index (χ1) is 12.4. The van der Waals surface area contributed by atoms with Crippen molar-refractivity contribution in [3.8, 4) is 0 Å². The molecule has 1 atom stereocenters. The molecule has 4 nitrogen and oxygen atoms in total. The quantitative estimate of drug-likeness (QED) is 0.329. The number of hydrogen-bond donors (Lipinski definition) is 1. The maximum absolute atomic E-state index is 12.6. The third-order valence-corrected chi connectivity index (χ3v) is 4.95. The maximum atomic E-state index is 12.6. The van der Waals surface area contributed by atoms with E-state index in [4.69, 9.17) is 11.6 Å². The number of hydrogen-bond acceptors (Lipinski definition) is 3. The first-order valence-electron chi connectivity index (χ1n) is 7.84. The molecule has 1 heterocycles. The highest BCUT2D eigenvalue weighted by molar-refractivity contribution is 9.10. The minimum atomic E-state index is -0.716. The SMILES string of the molecule is C=CCN1C(=O)C(=O)C(=C(O)c2ccc(Br)cc2)C1c1ccc(Cl)cc1. The number of benzene rings is 2. The second-order valence-corrected chi connectivity index (χ2v) is 7.15. The van der Waals surface area contributed by atoms with Crippen LogP contribution in [0, 0.1) is 0 Å². The fourth-order valence-corrected chi connectivity index (χ4v) is 3.35. The number of amides is 1. The summed E-state index contributed by atoms with van der Waals surface area (Å²) in [4.78, 5) is 26.5. The van der Waals surface area contributed by atoms with E-state index in [1.165, 1.54) is 4.90 Å². The van der Waals surface area contributed by atoms with Crippen molar-refractivity contribution in [2.24, 2.45) is 0 Å². The Morgan fingerprint density at radius 3 is 2.35 bits per heavy atom. The second kappa shape index (κ2) is 7.48. The monoisotopic (exact) mass is 431 g/mol. The number of ketones is 1. The van der Waals surface area contributed by atoms with Gasteiger partial charge in [0, 0.05) is 21.6 Å². The minimum absolute atomic E-state index is 0.0569. The van der Waals surface area contributed by atoms with Crippen molar-refractivity contribution < 1.29 is 14.7 Å². The Morgan fingerprint density at radius 2 is 1.77 bits per heavy atom. The molecule has 1 fully saturated rings. The standard InChI is InChI=1S/C20H15BrClNO3/c1-2-11-23-17(12-5-9-15(22)10-6-12)16(19(25)20(23)26)18(24)13-3-7-14(21)8-4-13/h2-10,17,24H,1,11H2. The van der Waals surface area contributed by atoms with E-state index in [0.29, 0.717) is 16.1 Å². The molecule has 0 aromatic heterocycles. The van der Waals surface area contributed by atoms with Gasteiger partial charge in [0.15, 0.2) is 0 Å². The molecule has 3 rings (SSSR count). The van der Waals surface area contributed by atoms with Crippen molar-refractivity contribution in [3.63, 3.8) is 0 Å². The number of halogens is 2. The van der Waals surface area contributed by atoms with E-state index in [9.17, 15) is 14.7 Å². The molecule has 132 valence electrons. The highest BCUT2D eigenvalue weighted by atomic mass is 79.9. The van der Waals surface area contributed by atoms with Crippen LogP contribution in [0.25, 0.3) is 5.76 Å². The van der Waals surface area contributed by atoms with E-state index in [2.05, 4.69) is 22.5 Å². The number of carbonyl (C=O) groups is 2. The zero-order chi connectivity index (χ0) is 18.8. The summed E-state index contributed by atoms with van der Waals surface area (Å²) in [5.74, 6) is -1.59. The Bertz CT molecular complexity index is 904. The van der Waals surface area contributed by atoms with Crippen LogP contribution in [0.3, 0.4) is 0 Å². The Kier molecular flexibility index (Phi) is 5.30. The molecule has 1 amide bonds. The predicted octanol–water partition coefficient (Wildman–Crippen LogP) is 4.71. The lowest BCUT2D eigenvalue weighted by Crippen LogP contribution is -2.29. The van der Waals surface area contributed by atoms with E-state index in [-0.39, 0.29) is 17.9 Å². The van der Waals surface area contributed by atoms with Crippen LogP contribution in [0.15, 0.2) is 71.2 Å². The van der Waals surface area contributed by atoms with Crippen LogP contribution in [-0.2, 0) is 9.59 Å². The van der Waals surface area contributed by atoms with Gasteiger partial charge in [-0.3, -0.25) is 9.59 Å². The number of nitrogens with zero attached hydrogens (tertiary/aromatic N) is 1. The number of carbonyl (C=O) groups excluding carboxylic acids is 2. The van der Waals surface area contributed by atoms with Gasteiger partial charge in [-0.15, -0.1) is 6.58 Å². The Hall–Kier alpha value is -2.37. The van der Waals surface area contributed by atoms with E-state index >= 15 is 0 Å². The number of Topliss-reactive ketones (excluding diaryl/α,β-unsaturated/α-hetero) is 1. The van der Waals surface area contributed by atoms with Crippen LogP contribution in [0.5, 0.6) is 0 Å². The van der Waals surface area contributed by atoms with E-state index in [1.54, 1.807) is 54.6 Å². The van der Waals surface area contributed by atoms with Gasteiger partial charge in [-0.25, -0.2) is 0 Å². The van der Waals surface area contributed by atoms with Crippen molar-refractivity contribution in [2.45, 2.75) is 6.04 Å². The van der Waals surface area contributed by atoms with Crippen LogP contribution >= 0.6 is 27.5 Å². The molecule has 1 aliphatic heterocycles. The number of likely N-dealkylation sites (tertiary alicyclic amines) is 1. The molecule has 1 unspecified atom stereocenters. The highest BCUT2D eigenvalue weighted by Gasteiger charge is 2.45. The second-order valence-electron chi connectivity index (χ2n) is 5.80. The van der Waals surface area contributed by atoms with Gasteiger partial charge in [-0.1, -0.05) is 57.9 Å². The molecule has 0 bridgehead atoms. The third-order valence-electron chi connectivity index (χ3n) is 4.17. The fraction of sp³-hybridized carbons (Fsp3) is 0.100. The van der Waals surface area contributed by atoms with Crippen LogP contribution in [-0.4, -0.2) is 28.2 Å². The van der Waals surface area contributed by atoms with Gasteiger partial charge >= 0.3 is 0 Å². The van der Waals surface area contributed by atoms with Crippen molar-refractivity contribution in [3.05, 3.63) is 87.4 Å². The molecular weight excluding hydrogens is 418 g/mol. The molecule has 0 radical (unpaired) electrons. The summed E-state index contributed by atoms with van der Waals surface area (Å²) >= 11 is 9.29. The number of aliphatic hydroxyl groups excluding tert-OH is 1. The summed E-state index contributed by atoms with van der Waals surface area (Å²) in [5, 5.41) is 11.3. The highest BCUT2D eigenvalue weighted by Crippen LogP contribution is 2.39. The van der Waals surface area contributed by atoms with Gasteiger partial charge in [0.1, 0.15) is 5.76 Å². The van der Waals surface area contributed by atoms with Crippen molar-refractivity contribution >= 4 is 45.0 Å². The topological polar surface area (TPSA) is 57.6 Å². The molecular formula is C20H15BrClNO3. The zero-order valence-electron chi connectivity index (χ0n) is 13.7. The van der Waals surface area contributed by atoms with Gasteiger partial charge in [0.25, 0.3) is 11.7 Å². The van der Waals surface area contributed by atoms with Crippen LogP contribution in [0.1, 0.15) is 17.2 Å². The third kappa shape index (κ3) is 3.32. The summed E-state index contributed by atoms with van der Waals surface area (Å²) in [5.41, 5.74) is 1.21. The first kappa shape index (κ1) is 18.4. The largest absolute Gasteiger partial charge is 0.507 e. The zero-order valence-corrected chi connectivity index (χ0v) is 16.0. The molecule has 1 aliphatic rings. The molecule has 2 aromatic carbocycles. The molecule has 6 heteroatoms. The van der Waals surface area contributed by atoms with Gasteiger partial charge in [-0.05, 0) is 29.8 Å². The summed E-state index contributed by atoms with van der Waals surface area (Å²) in [6, 6.07) is 13.0. The van der Waals surface area contributed by atoms with Crippen LogP contribution in [0.2, 0.25) is 5.02 Å². The molecule has 1 N–H and O–H groups in total. The summed E-state index contributed by atoms with van der Waals surface area (Å²) in [6.45, 7) is 3.84. The normalized spacial score (nSPS) is 19.0. The fourth-order valence-electron chi connectivity index (χ4n) is 2.96. The van der Waals surface area contributed by atoms with Crippen molar-refractivity contribution in [1.29, 1.82) is 0 Å². The summed E-state index contributed by atoms with van der Waals surface area (Å²) < 4.78 is 0.843. The Morgan fingerprint density at radius 1 is 1.15 bits per heavy atom. The summed E-state index contributed by atoms with van der Waals surface area (Å²) in [7, 11) is 0. The smallest absolute Gasteiger partial charge is 0.295 e. The molecule has 26 heavy (non-hydrogen) atoms. The lowest BCUT2D eigenvalue weighted by molar-refractivity contribution is -0.139. The molecule has 1 saturated heterocycles. The number of aliphatic hydroxyl groups is 1. The van der Waals surface area contributed by atoms with Crippen molar-refractivity contribution in [2.75, 3.05) is 6.54 Å². The van der Waals surface area contributed by atoms with Crippen LogP contribution < -0.4 is 0 Å².